The van der Waals surface area contributed by atoms with Gasteiger partial charge in [-0.05, 0) is 30.5 Å². The Bertz CT molecular complexity index is 368. The number of aryl methyl sites for hydroxylation is 1. The van der Waals surface area contributed by atoms with E-state index in [1.54, 1.807) is 18.3 Å². The number of halogens is 1. The molecule has 1 rings (SSSR count). The Kier molecular flexibility index (Phi) is 4.70. The fourth-order valence-corrected chi connectivity index (χ4v) is 1.43. The van der Waals surface area contributed by atoms with E-state index in [4.69, 9.17) is 0 Å². The molecule has 0 unspecified atom stereocenters. The van der Waals surface area contributed by atoms with Crippen LogP contribution in [0.1, 0.15) is 12.0 Å². The summed E-state index contributed by atoms with van der Waals surface area (Å²) in [6.45, 7) is 0. The minimum Gasteiger partial charge on any atom is -0.383 e. The molecule has 2 nitrogen and oxygen atoms in total. The summed E-state index contributed by atoms with van der Waals surface area (Å²) in [7, 11) is 3.75. The van der Waals surface area contributed by atoms with Crippen LogP contribution in [-0.2, 0) is 11.2 Å². The SMILES string of the molecule is CN(C)C=C(C=O)CCc1ccc(F)cc1. The zero-order valence-electron chi connectivity index (χ0n) is 9.61. The topological polar surface area (TPSA) is 20.3 Å². The van der Waals surface area contributed by atoms with E-state index in [1.807, 2.05) is 19.0 Å². The molecule has 0 saturated heterocycles. The first kappa shape index (κ1) is 12.4. The number of carbonyl (C=O) groups is 1. The molecular formula is C13H16FNO. The van der Waals surface area contributed by atoms with E-state index in [2.05, 4.69) is 0 Å². The summed E-state index contributed by atoms with van der Waals surface area (Å²) >= 11 is 0. The van der Waals surface area contributed by atoms with Crippen molar-refractivity contribution in [3.63, 3.8) is 0 Å². The fraction of sp³-hybridized carbons (Fsp3) is 0.308. The maximum atomic E-state index is 12.6. The average molecular weight is 221 g/mol. The van der Waals surface area contributed by atoms with Gasteiger partial charge in [0.25, 0.3) is 0 Å². The zero-order chi connectivity index (χ0) is 12.0. The minimum atomic E-state index is -0.233. The van der Waals surface area contributed by atoms with Gasteiger partial charge in [0.2, 0.25) is 0 Å². The van der Waals surface area contributed by atoms with Crippen molar-refractivity contribution in [3.05, 3.63) is 47.4 Å². The third-order valence-corrected chi connectivity index (χ3v) is 2.19. The van der Waals surface area contributed by atoms with E-state index in [1.165, 1.54) is 12.1 Å². The highest BCUT2D eigenvalue weighted by atomic mass is 19.1. The second-order valence-corrected chi connectivity index (χ2v) is 3.91. The van der Waals surface area contributed by atoms with Gasteiger partial charge in [0.1, 0.15) is 12.1 Å². The molecule has 0 bridgehead atoms. The monoisotopic (exact) mass is 221 g/mol. The fourth-order valence-electron chi connectivity index (χ4n) is 1.43. The first-order valence-electron chi connectivity index (χ1n) is 5.18. The summed E-state index contributed by atoms with van der Waals surface area (Å²) in [5, 5.41) is 0. The molecule has 0 radical (unpaired) electrons. The summed E-state index contributed by atoms with van der Waals surface area (Å²) in [6.07, 6.45) is 4.09. The molecule has 16 heavy (non-hydrogen) atoms. The molecule has 0 aliphatic carbocycles. The summed E-state index contributed by atoms with van der Waals surface area (Å²) in [5.41, 5.74) is 1.78. The lowest BCUT2D eigenvalue weighted by molar-refractivity contribution is -0.105. The first-order chi connectivity index (χ1) is 7.61. The zero-order valence-corrected chi connectivity index (χ0v) is 9.61. The lowest BCUT2D eigenvalue weighted by atomic mass is 10.1. The molecule has 0 spiro atoms. The largest absolute Gasteiger partial charge is 0.383 e. The van der Waals surface area contributed by atoms with Crippen molar-refractivity contribution >= 4 is 6.29 Å². The van der Waals surface area contributed by atoms with Crippen molar-refractivity contribution in [2.24, 2.45) is 0 Å². The molecular weight excluding hydrogens is 205 g/mol. The Labute approximate surface area is 95.4 Å². The molecule has 0 aliphatic heterocycles. The summed E-state index contributed by atoms with van der Waals surface area (Å²) in [6, 6.07) is 6.36. The van der Waals surface area contributed by atoms with E-state index in [-0.39, 0.29) is 5.82 Å². The Morgan fingerprint density at radius 1 is 1.31 bits per heavy atom. The Hall–Kier alpha value is -1.64. The second-order valence-electron chi connectivity index (χ2n) is 3.91. The molecule has 1 aromatic carbocycles. The molecule has 0 saturated carbocycles. The lowest BCUT2D eigenvalue weighted by Gasteiger charge is -2.07. The van der Waals surface area contributed by atoms with Gasteiger partial charge in [0.15, 0.2) is 0 Å². The predicted molar refractivity (Wildman–Crippen MR) is 62.6 cm³/mol. The van der Waals surface area contributed by atoms with Crippen LogP contribution in [0.3, 0.4) is 0 Å². The van der Waals surface area contributed by atoms with Crippen LogP contribution >= 0.6 is 0 Å². The van der Waals surface area contributed by atoms with Crippen LogP contribution in [-0.4, -0.2) is 25.3 Å². The molecule has 0 aliphatic rings. The van der Waals surface area contributed by atoms with Crippen LogP contribution in [0.5, 0.6) is 0 Å². The van der Waals surface area contributed by atoms with E-state index < -0.39 is 0 Å². The van der Waals surface area contributed by atoms with E-state index in [9.17, 15) is 9.18 Å². The number of rotatable bonds is 5. The van der Waals surface area contributed by atoms with Crippen molar-refractivity contribution in [1.82, 2.24) is 4.90 Å². The quantitative estimate of drug-likeness (QED) is 0.562. The third-order valence-electron chi connectivity index (χ3n) is 2.19. The molecule has 0 fully saturated rings. The third kappa shape index (κ3) is 4.26. The van der Waals surface area contributed by atoms with Gasteiger partial charge in [0.05, 0.1) is 0 Å². The van der Waals surface area contributed by atoms with Crippen LogP contribution < -0.4 is 0 Å². The molecule has 86 valence electrons. The smallest absolute Gasteiger partial charge is 0.147 e. The van der Waals surface area contributed by atoms with Crippen molar-refractivity contribution in [2.75, 3.05) is 14.1 Å². The van der Waals surface area contributed by atoms with Crippen LogP contribution in [0.2, 0.25) is 0 Å². The van der Waals surface area contributed by atoms with Gasteiger partial charge in [-0.2, -0.15) is 0 Å². The predicted octanol–water partition coefficient (Wildman–Crippen LogP) is 2.40. The number of nitrogens with zero attached hydrogens (tertiary/aromatic N) is 1. The van der Waals surface area contributed by atoms with E-state index >= 15 is 0 Å². The van der Waals surface area contributed by atoms with Crippen LogP contribution in [0.25, 0.3) is 0 Å². The Morgan fingerprint density at radius 3 is 2.44 bits per heavy atom. The Morgan fingerprint density at radius 2 is 1.94 bits per heavy atom. The maximum absolute atomic E-state index is 12.6. The van der Waals surface area contributed by atoms with Gasteiger partial charge in [-0.3, -0.25) is 4.79 Å². The summed E-state index contributed by atoms with van der Waals surface area (Å²) in [5.74, 6) is -0.233. The highest BCUT2D eigenvalue weighted by Gasteiger charge is 1.99. The molecule has 0 amide bonds. The van der Waals surface area contributed by atoms with Crippen LogP contribution in [0, 0.1) is 5.82 Å². The molecule has 0 aromatic heterocycles. The number of hydrogen-bond donors (Lipinski definition) is 0. The Balaban J connectivity index is 2.56. The second kappa shape index (κ2) is 6.05. The van der Waals surface area contributed by atoms with Gasteiger partial charge < -0.3 is 4.90 Å². The summed E-state index contributed by atoms with van der Waals surface area (Å²) < 4.78 is 12.6. The van der Waals surface area contributed by atoms with E-state index in [0.717, 1.165) is 23.8 Å². The molecule has 0 N–H and O–H groups in total. The average Bonchev–Trinajstić information content (AvgIpc) is 2.26. The molecule has 0 atom stereocenters. The van der Waals surface area contributed by atoms with Gasteiger partial charge in [-0.1, -0.05) is 12.1 Å². The number of hydrogen-bond acceptors (Lipinski definition) is 2. The van der Waals surface area contributed by atoms with Gasteiger partial charge >= 0.3 is 0 Å². The normalized spacial score (nSPS) is 11.3. The minimum absolute atomic E-state index is 0.233. The number of carbonyl (C=O) groups excluding carboxylic acids is 1. The summed E-state index contributed by atoms with van der Waals surface area (Å²) in [4.78, 5) is 12.6. The van der Waals surface area contributed by atoms with Gasteiger partial charge in [0, 0.05) is 25.9 Å². The first-order valence-corrected chi connectivity index (χ1v) is 5.18. The highest BCUT2D eigenvalue weighted by Crippen LogP contribution is 2.09. The lowest BCUT2D eigenvalue weighted by Crippen LogP contribution is -2.04. The number of benzene rings is 1. The number of allylic oxidation sites excluding steroid dienone is 1. The molecule has 0 heterocycles. The van der Waals surface area contributed by atoms with Crippen molar-refractivity contribution in [2.45, 2.75) is 12.8 Å². The van der Waals surface area contributed by atoms with Crippen molar-refractivity contribution in [3.8, 4) is 0 Å². The standard InChI is InChI=1S/C13H16FNO/c1-15(2)9-12(10-16)4-3-11-5-7-13(14)8-6-11/h5-10H,3-4H2,1-2H3. The van der Waals surface area contributed by atoms with Gasteiger partial charge in [-0.25, -0.2) is 4.39 Å². The molecule has 3 heteroatoms. The van der Waals surface area contributed by atoms with E-state index in [0.29, 0.717) is 6.42 Å². The van der Waals surface area contributed by atoms with Crippen molar-refractivity contribution in [1.29, 1.82) is 0 Å². The maximum Gasteiger partial charge on any atom is 0.147 e. The van der Waals surface area contributed by atoms with Crippen molar-refractivity contribution < 1.29 is 9.18 Å². The molecule has 1 aromatic rings. The van der Waals surface area contributed by atoms with Crippen LogP contribution in [0.15, 0.2) is 36.0 Å². The van der Waals surface area contributed by atoms with Crippen LogP contribution in [0.4, 0.5) is 4.39 Å². The highest BCUT2D eigenvalue weighted by molar-refractivity contribution is 5.72. The number of aldehydes is 1. The van der Waals surface area contributed by atoms with Gasteiger partial charge in [-0.15, -0.1) is 0 Å².